The lowest BCUT2D eigenvalue weighted by Crippen LogP contribution is -2.48. The van der Waals surface area contributed by atoms with Gasteiger partial charge in [0, 0.05) is 17.9 Å². The quantitative estimate of drug-likeness (QED) is 0.752. The van der Waals surface area contributed by atoms with E-state index in [2.05, 4.69) is 24.1 Å². The monoisotopic (exact) mass is 361 g/mol. The third kappa shape index (κ3) is 3.29. The molecule has 1 heterocycles. The van der Waals surface area contributed by atoms with E-state index < -0.39 is 0 Å². The number of hydrogen-bond acceptors (Lipinski definition) is 5. The van der Waals surface area contributed by atoms with Gasteiger partial charge in [0.15, 0.2) is 11.5 Å². The van der Waals surface area contributed by atoms with Gasteiger partial charge in [-0.15, -0.1) is 0 Å². The van der Waals surface area contributed by atoms with Gasteiger partial charge in [-0.25, -0.2) is 0 Å². The van der Waals surface area contributed by atoms with Gasteiger partial charge in [0.1, 0.15) is 6.10 Å². The number of carbonyl (C=O) groups excluding carboxylic acids is 1. The second kappa shape index (κ2) is 7.47. The molecule has 0 unspecified atom stereocenters. The van der Waals surface area contributed by atoms with E-state index in [0.29, 0.717) is 6.04 Å². The number of methoxy groups -OCH3 is 2. The molecular weight excluding hydrogens is 330 g/mol. The summed E-state index contributed by atoms with van der Waals surface area (Å²) in [6.07, 6.45) is 3.96. The van der Waals surface area contributed by atoms with Crippen LogP contribution in [0.4, 0.5) is 0 Å². The molecule has 0 bridgehead atoms. The molecule has 2 fully saturated rings. The average molecular weight is 361 g/mol. The highest BCUT2D eigenvalue weighted by Crippen LogP contribution is 2.50. The first-order chi connectivity index (χ1) is 12.4. The lowest BCUT2D eigenvalue weighted by molar-refractivity contribution is -0.155. The summed E-state index contributed by atoms with van der Waals surface area (Å²) >= 11 is 0. The highest BCUT2D eigenvalue weighted by Gasteiger charge is 2.51. The molecule has 1 aliphatic heterocycles. The summed E-state index contributed by atoms with van der Waals surface area (Å²) in [4.78, 5) is 14.4. The number of likely N-dealkylation sites (N-methyl/N-ethyl adjacent to an activating group) is 1. The summed E-state index contributed by atoms with van der Waals surface area (Å²) < 4.78 is 16.7. The van der Waals surface area contributed by atoms with Gasteiger partial charge in [-0.05, 0) is 50.6 Å². The standard InChI is InChI=1S/C21H31NO4/c1-14(2)20(23)26-16-8-9-21(10-11-22(3)19(21)13-16)15-6-7-17(24-4)18(12-15)25-5/h6-7,12,14,16,19H,8-11,13H2,1-5H3/t16-,19-,21-/m0/s1. The van der Waals surface area contributed by atoms with Crippen molar-refractivity contribution < 1.29 is 19.0 Å². The zero-order valence-electron chi connectivity index (χ0n) is 16.6. The van der Waals surface area contributed by atoms with Crippen molar-refractivity contribution in [1.82, 2.24) is 4.90 Å². The van der Waals surface area contributed by atoms with Gasteiger partial charge in [0.2, 0.25) is 0 Å². The van der Waals surface area contributed by atoms with E-state index in [-0.39, 0.29) is 23.4 Å². The molecule has 26 heavy (non-hydrogen) atoms. The summed E-state index contributed by atoms with van der Waals surface area (Å²) in [6, 6.07) is 6.68. The molecule has 0 N–H and O–H groups in total. The van der Waals surface area contributed by atoms with Crippen molar-refractivity contribution in [3.8, 4) is 11.5 Å². The molecule has 5 nitrogen and oxygen atoms in total. The predicted octanol–water partition coefficient (Wildman–Crippen LogP) is 3.40. The number of likely N-dealkylation sites (tertiary alicyclic amines) is 1. The molecule has 3 atom stereocenters. The average Bonchev–Trinajstić information content (AvgIpc) is 2.98. The molecule has 1 saturated heterocycles. The predicted molar refractivity (Wildman–Crippen MR) is 101 cm³/mol. The van der Waals surface area contributed by atoms with Crippen LogP contribution in [0.5, 0.6) is 11.5 Å². The van der Waals surface area contributed by atoms with Gasteiger partial charge in [0.25, 0.3) is 0 Å². The smallest absolute Gasteiger partial charge is 0.308 e. The molecule has 5 heteroatoms. The Morgan fingerprint density at radius 1 is 1.19 bits per heavy atom. The first-order valence-corrected chi connectivity index (χ1v) is 9.54. The molecule has 0 amide bonds. The minimum atomic E-state index is -0.0886. The Morgan fingerprint density at radius 3 is 2.58 bits per heavy atom. The number of fused-ring (bicyclic) bond motifs is 1. The maximum atomic E-state index is 12.0. The zero-order chi connectivity index (χ0) is 18.9. The number of ether oxygens (including phenoxy) is 3. The van der Waals surface area contributed by atoms with Crippen LogP contribution in [0.25, 0.3) is 0 Å². The van der Waals surface area contributed by atoms with Crippen LogP contribution in [-0.4, -0.2) is 50.8 Å². The number of hydrogen-bond donors (Lipinski definition) is 0. The Bertz CT molecular complexity index is 659. The van der Waals surface area contributed by atoms with Crippen molar-refractivity contribution in [3.63, 3.8) is 0 Å². The topological polar surface area (TPSA) is 48.0 Å². The van der Waals surface area contributed by atoms with Gasteiger partial charge >= 0.3 is 5.97 Å². The van der Waals surface area contributed by atoms with E-state index in [0.717, 1.165) is 43.7 Å². The van der Waals surface area contributed by atoms with Crippen LogP contribution in [0.15, 0.2) is 18.2 Å². The summed E-state index contributed by atoms with van der Waals surface area (Å²) in [5, 5.41) is 0. The largest absolute Gasteiger partial charge is 0.493 e. The van der Waals surface area contributed by atoms with Gasteiger partial charge in [-0.1, -0.05) is 19.9 Å². The lowest BCUT2D eigenvalue weighted by atomic mass is 9.65. The molecule has 0 spiro atoms. The van der Waals surface area contributed by atoms with Gasteiger partial charge < -0.3 is 19.1 Å². The van der Waals surface area contributed by atoms with Crippen molar-refractivity contribution in [2.45, 2.75) is 57.1 Å². The van der Waals surface area contributed by atoms with Crippen molar-refractivity contribution in [1.29, 1.82) is 0 Å². The Labute approximate surface area is 156 Å². The van der Waals surface area contributed by atoms with E-state index in [1.165, 1.54) is 5.56 Å². The number of rotatable bonds is 5. The van der Waals surface area contributed by atoms with Crippen LogP contribution in [0.1, 0.15) is 45.1 Å². The third-order valence-electron chi connectivity index (χ3n) is 6.19. The fraction of sp³-hybridized carbons (Fsp3) is 0.667. The molecule has 144 valence electrons. The minimum Gasteiger partial charge on any atom is -0.493 e. The number of benzene rings is 1. The molecule has 0 aromatic heterocycles. The second-order valence-electron chi connectivity index (χ2n) is 7.96. The molecular formula is C21H31NO4. The molecule has 2 aliphatic rings. The zero-order valence-corrected chi connectivity index (χ0v) is 16.6. The van der Waals surface area contributed by atoms with E-state index in [1.807, 2.05) is 19.9 Å². The van der Waals surface area contributed by atoms with Crippen molar-refractivity contribution in [2.75, 3.05) is 27.8 Å². The Balaban J connectivity index is 1.86. The van der Waals surface area contributed by atoms with Crippen LogP contribution < -0.4 is 9.47 Å². The molecule has 1 aromatic carbocycles. The first-order valence-electron chi connectivity index (χ1n) is 9.54. The fourth-order valence-corrected chi connectivity index (χ4v) is 4.64. The molecule has 0 radical (unpaired) electrons. The number of esters is 1. The van der Waals surface area contributed by atoms with Crippen LogP contribution in [0.3, 0.4) is 0 Å². The Morgan fingerprint density at radius 2 is 1.92 bits per heavy atom. The second-order valence-corrected chi connectivity index (χ2v) is 7.96. The molecule has 3 rings (SSSR count). The number of nitrogens with zero attached hydrogens (tertiary/aromatic N) is 1. The van der Waals surface area contributed by atoms with Crippen LogP contribution in [0, 0.1) is 5.92 Å². The van der Waals surface area contributed by atoms with Crippen LogP contribution in [0.2, 0.25) is 0 Å². The van der Waals surface area contributed by atoms with Crippen molar-refractivity contribution >= 4 is 5.97 Å². The van der Waals surface area contributed by atoms with Crippen LogP contribution in [-0.2, 0) is 14.9 Å². The molecule has 1 aliphatic carbocycles. The van der Waals surface area contributed by atoms with Gasteiger partial charge in [-0.3, -0.25) is 4.79 Å². The maximum Gasteiger partial charge on any atom is 0.308 e. The van der Waals surface area contributed by atoms with Crippen molar-refractivity contribution in [3.05, 3.63) is 23.8 Å². The summed E-state index contributed by atoms with van der Waals surface area (Å²) in [5.41, 5.74) is 1.40. The summed E-state index contributed by atoms with van der Waals surface area (Å²) in [5.74, 6) is 1.37. The first kappa shape index (κ1) is 19.0. The number of carbonyl (C=O) groups is 1. The van der Waals surface area contributed by atoms with Gasteiger partial charge in [-0.2, -0.15) is 0 Å². The van der Waals surface area contributed by atoms with E-state index >= 15 is 0 Å². The highest BCUT2D eigenvalue weighted by molar-refractivity contribution is 5.71. The SMILES string of the molecule is COc1ccc([C@@]23CC[C@H](OC(=O)C(C)C)C[C@@H]2N(C)CC3)cc1OC. The molecule has 1 saturated carbocycles. The van der Waals surface area contributed by atoms with Crippen LogP contribution >= 0.6 is 0 Å². The fourth-order valence-electron chi connectivity index (χ4n) is 4.64. The van der Waals surface area contributed by atoms with Crippen molar-refractivity contribution in [2.24, 2.45) is 5.92 Å². The summed E-state index contributed by atoms with van der Waals surface area (Å²) in [7, 11) is 5.52. The Kier molecular flexibility index (Phi) is 5.47. The van der Waals surface area contributed by atoms with E-state index in [9.17, 15) is 4.79 Å². The van der Waals surface area contributed by atoms with E-state index in [1.54, 1.807) is 14.2 Å². The van der Waals surface area contributed by atoms with Gasteiger partial charge in [0.05, 0.1) is 20.1 Å². The summed E-state index contributed by atoms with van der Waals surface area (Å²) in [6.45, 7) is 4.84. The Hall–Kier alpha value is -1.75. The normalized spacial score (nSPS) is 28.7. The maximum absolute atomic E-state index is 12.0. The lowest BCUT2D eigenvalue weighted by Gasteiger charge is -2.44. The minimum absolute atomic E-state index is 0.0173. The highest BCUT2D eigenvalue weighted by atomic mass is 16.5. The third-order valence-corrected chi connectivity index (χ3v) is 6.19. The molecule has 1 aromatic rings. The van der Waals surface area contributed by atoms with E-state index in [4.69, 9.17) is 14.2 Å².